The van der Waals surface area contributed by atoms with E-state index < -0.39 is 66.1 Å². The number of fused-ring (bicyclic) bond motifs is 1. The number of benzene rings is 1. The Hall–Kier alpha value is -3.11. The van der Waals surface area contributed by atoms with Gasteiger partial charge in [-0.1, -0.05) is 6.92 Å². The van der Waals surface area contributed by atoms with Gasteiger partial charge in [0.2, 0.25) is 6.04 Å². The van der Waals surface area contributed by atoms with Crippen LogP contribution in [0.15, 0.2) is 18.2 Å². The molecule has 1 N–H and O–H groups in total. The second kappa shape index (κ2) is 10.4. The van der Waals surface area contributed by atoms with Crippen molar-refractivity contribution in [3.8, 4) is 0 Å². The molecule has 1 unspecified atom stereocenters. The maximum absolute atomic E-state index is 13.1. The molecule has 2 rings (SSSR count). The highest BCUT2D eigenvalue weighted by molar-refractivity contribution is 5.98. The van der Waals surface area contributed by atoms with Gasteiger partial charge in [-0.2, -0.15) is 17.7 Å². The molecule has 7 nitrogen and oxygen atoms in total. The van der Waals surface area contributed by atoms with Gasteiger partial charge in [0.05, 0.1) is 24.0 Å². The molecule has 0 spiro atoms. The van der Waals surface area contributed by atoms with Gasteiger partial charge >= 0.3 is 18.1 Å². The van der Waals surface area contributed by atoms with Gasteiger partial charge in [0.1, 0.15) is 18.3 Å². The minimum Gasteiger partial charge on any atom is -0.460 e. The molecular formula is C23H27F4N2O5+. The summed E-state index contributed by atoms with van der Waals surface area (Å²) in [6.45, 7) is 4.99. The standard InChI is InChI=1S/C23H26F4N2O5/c1-5-17(20(32)28-16(18(30)12-24)11-19(31)34-22(2,3)4)29-9-8-13-10-14(23(25,26)27)6-7-15(13)21(29)33/h6-7,9-10,16-17H,5,8,11-12H2,1-4H3/p+1/t16?,17-/m0/s1. The number of Topliss-reactive ketones (excluding diaryl/α,β-unsaturated/α-hetero) is 1. The first kappa shape index (κ1) is 27.1. The predicted molar refractivity (Wildman–Crippen MR) is 113 cm³/mol. The number of rotatable bonds is 8. The molecule has 1 aromatic rings. The Morgan fingerprint density at radius 2 is 1.82 bits per heavy atom. The molecule has 34 heavy (non-hydrogen) atoms. The van der Waals surface area contributed by atoms with Gasteiger partial charge in [0, 0.05) is 6.42 Å². The van der Waals surface area contributed by atoms with Gasteiger partial charge in [-0.15, -0.1) is 0 Å². The van der Waals surface area contributed by atoms with Gasteiger partial charge in [0.25, 0.3) is 5.91 Å². The van der Waals surface area contributed by atoms with Crippen molar-refractivity contribution in [1.82, 2.24) is 5.32 Å². The normalized spacial score (nSPS) is 15.6. The van der Waals surface area contributed by atoms with E-state index in [4.69, 9.17) is 4.74 Å². The number of ether oxygens (including phenoxy) is 1. The van der Waals surface area contributed by atoms with Crippen LogP contribution in [0.3, 0.4) is 0 Å². The zero-order valence-corrected chi connectivity index (χ0v) is 19.3. The molecule has 2 amide bonds. The Morgan fingerprint density at radius 3 is 2.35 bits per heavy atom. The summed E-state index contributed by atoms with van der Waals surface area (Å²) in [5.41, 5.74) is -1.56. The number of ketones is 1. The van der Waals surface area contributed by atoms with E-state index in [1.54, 1.807) is 27.7 Å². The number of hydrogen-bond donors (Lipinski definition) is 1. The monoisotopic (exact) mass is 487 g/mol. The molecule has 0 aliphatic carbocycles. The van der Waals surface area contributed by atoms with E-state index in [1.807, 2.05) is 0 Å². The Morgan fingerprint density at radius 1 is 1.18 bits per heavy atom. The van der Waals surface area contributed by atoms with E-state index in [0.717, 1.165) is 22.8 Å². The molecule has 0 bridgehead atoms. The second-order valence-electron chi connectivity index (χ2n) is 8.84. The Kier molecular flexibility index (Phi) is 8.33. The molecule has 186 valence electrons. The first-order valence-corrected chi connectivity index (χ1v) is 10.6. The number of nitrogens with zero attached hydrogens (tertiary/aromatic N) is 1. The third-order valence-electron chi connectivity index (χ3n) is 5.06. The highest BCUT2D eigenvalue weighted by Crippen LogP contribution is 2.31. The fourth-order valence-electron chi connectivity index (χ4n) is 3.50. The zero-order valence-electron chi connectivity index (χ0n) is 19.3. The van der Waals surface area contributed by atoms with Gasteiger partial charge in [0.15, 0.2) is 12.0 Å². The topological polar surface area (TPSA) is 92.6 Å². The lowest BCUT2D eigenvalue weighted by Crippen LogP contribution is -2.52. The first-order valence-electron chi connectivity index (χ1n) is 10.6. The SMILES string of the molecule is CC[C@@H](C(=O)NC(CC(=O)OC(C)(C)C)C(=O)CF)[N+]1=CCc2cc(C(F)(F)F)ccc2C1=O. The van der Waals surface area contributed by atoms with Crippen molar-refractivity contribution in [2.24, 2.45) is 0 Å². The fourth-order valence-corrected chi connectivity index (χ4v) is 3.50. The van der Waals surface area contributed by atoms with Crippen LogP contribution >= 0.6 is 0 Å². The Balaban J connectivity index is 2.23. The average Bonchev–Trinajstić information content (AvgIpc) is 2.72. The van der Waals surface area contributed by atoms with E-state index in [9.17, 15) is 36.7 Å². The third-order valence-corrected chi connectivity index (χ3v) is 5.06. The largest absolute Gasteiger partial charge is 0.460 e. The maximum Gasteiger partial charge on any atom is 0.420 e. The molecular weight excluding hydrogens is 460 g/mol. The lowest BCUT2D eigenvalue weighted by molar-refractivity contribution is -0.456. The van der Waals surface area contributed by atoms with Crippen LogP contribution in [0.2, 0.25) is 0 Å². The molecule has 0 aromatic heterocycles. The third kappa shape index (κ3) is 6.71. The molecule has 0 fully saturated rings. The van der Waals surface area contributed by atoms with Crippen LogP contribution in [0.5, 0.6) is 0 Å². The molecule has 1 heterocycles. The van der Waals surface area contributed by atoms with Crippen molar-refractivity contribution >= 4 is 29.8 Å². The van der Waals surface area contributed by atoms with E-state index >= 15 is 0 Å². The number of esters is 1. The lowest BCUT2D eigenvalue weighted by Gasteiger charge is -2.23. The van der Waals surface area contributed by atoms with Crippen LogP contribution in [-0.2, 0) is 31.7 Å². The Labute approximate surface area is 194 Å². The summed E-state index contributed by atoms with van der Waals surface area (Å²) in [5.74, 6) is -3.34. The van der Waals surface area contributed by atoms with Crippen LogP contribution in [0.4, 0.5) is 17.6 Å². The Bertz CT molecular complexity index is 1010. The molecule has 2 atom stereocenters. The van der Waals surface area contributed by atoms with E-state index in [2.05, 4.69) is 5.32 Å². The maximum atomic E-state index is 13.1. The summed E-state index contributed by atoms with van der Waals surface area (Å²) in [6, 6.07) is 0.111. The van der Waals surface area contributed by atoms with Crippen molar-refractivity contribution in [1.29, 1.82) is 0 Å². The quantitative estimate of drug-likeness (QED) is 0.346. The number of carbonyl (C=O) groups excluding carboxylic acids is 4. The van der Waals surface area contributed by atoms with Gasteiger partial charge < -0.3 is 10.1 Å². The fraction of sp³-hybridized carbons (Fsp3) is 0.522. The van der Waals surface area contributed by atoms with Crippen molar-refractivity contribution in [3.05, 3.63) is 34.9 Å². The summed E-state index contributed by atoms with van der Waals surface area (Å²) in [4.78, 5) is 49.9. The number of halogens is 4. The van der Waals surface area contributed by atoms with Crippen molar-refractivity contribution < 1.29 is 46.1 Å². The van der Waals surface area contributed by atoms with Gasteiger partial charge in [-0.05, 0) is 44.5 Å². The zero-order chi connectivity index (χ0) is 25.8. The number of alkyl halides is 4. The minimum atomic E-state index is -4.56. The molecule has 11 heteroatoms. The second-order valence-corrected chi connectivity index (χ2v) is 8.84. The van der Waals surface area contributed by atoms with E-state index in [-0.39, 0.29) is 24.0 Å². The summed E-state index contributed by atoms with van der Waals surface area (Å²) in [7, 11) is 0. The molecule has 1 aromatic carbocycles. The molecule has 1 aliphatic heterocycles. The first-order chi connectivity index (χ1) is 15.7. The lowest BCUT2D eigenvalue weighted by atomic mass is 9.97. The highest BCUT2D eigenvalue weighted by Gasteiger charge is 2.40. The summed E-state index contributed by atoms with van der Waals surface area (Å²) in [6.07, 6.45) is -3.79. The number of nitrogens with one attached hydrogen (secondary N) is 1. The average molecular weight is 487 g/mol. The molecule has 0 saturated carbocycles. The summed E-state index contributed by atoms with van der Waals surface area (Å²) < 4.78 is 58.2. The van der Waals surface area contributed by atoms with Crippen LogP contribution in [0, 0.1) is 0 Å². The number of amides is 2. The van der Waals surface area contributed by atoms with E-state index in [0.29, 0.717) is 0 Å². The van der Waals surface area contributed by atoms with Gasteiger partial charge in [-0.25, -0.2) is 9.18 Å². The minimum absolute atomic E-state index is 0.0203. The van der Waals surface area contributed by atoms with Crippen LogP contribution < -0.4 is 5.32 Å². The number of hydrogen-bond acceptors (Lipinski definition) is 5. The molecule has 1 aliphatic rings. The van der Waals surface area contributed by atoms with Crippen molar-refractivity contribution in [2.75, 3.05) is 6.67 Å². The molecule has 0 saturated heterocycles. The van der Waals surface area contributed by atoms with Crippen LogP contribution in [-0.4, -0.2) is 58.7 Å². The summed E-state index contributed by atoms with van der Waals surface area (Å²) >= 11 is 0. The van der Waals surface area contributed by atoms with Gasteiger partial charge in [-0.3, -0.25) is 14.4 Å². The van der Waals surface area contributed by atoms with E-state index in [1.165, 1.54) is 6.21 Å². The van der Waals surface area contributed by atoms with Crippen molar-refractivity contribution in [2.45, 2.75) is 70.8 Å². The predicted octanol–water partition coefficient (Wildman–Crippen LogP) is 3.02. The summed E-state index contributed by atoms with van der Waals surface area (Å²) in [5, 5.41) is 2.31. The van der Waals surface area contributed by atoms with Crippen molar-refractivity contribution in [3.63, 3.8) is 0 Å². The smallest absolute Gasteiger partial charge is 0.420 e. The van der Waals surface area contributed by atoms with Crippen LogP contribution in [0.1, 0.15) is 62.0 Å². The molecule has 0 radical (unpaired) electrons. The number of carbonyl (C=O) groups is 4. The van der Waals surface area contributed by atoms with Crippen LogP contribution in [0.25, 0.3) is 0 Å². The highest BCUT2D eigenvalue weighted by atomic mass is 19.4.